The molecule has 1 unspecified atom stereocenters. The van der Waals surface area contributed by atoms with Crippen LogP contribution in [0.4, 0.5) is 0 Å². The van der Waals surface area contributed by atoms with E-state index in [2.05, 4.69) is 20.7 Å². The molecule has 0 fully saturated rings. The molecule has 0 aliphatic heterocycles. The van der Waals surface area contributed by atoms with Crippen LogP contribution >= 0.6 is 27.3 Å². The second kappa shape index (κ2) is 5.47. The van der Waals surface area contributed by atoms with Crippen LogP contribution in [-0.4, -0.2) is 39.4 Å². The number of carbonyl (C=O) groups is 1. The lowest BCUT2D eigenvalue weighted by molar-refractivity contribution is -0.130. The SMILES string of the molecule is CC(NS(=O)(=O)c1sccc1Br)C(=O)N(C)C. The summed E-state index contributed by atoms with van der Waals surface area (Å²) in [5.41, 5.74) is 0. The van der Waals surface area contributed by atoms with Gasteiger partial charge in [0.25, 0.3) is 10.0 Å². The number of hydrogen-bond donors (Lipinski definition) is 1. The molecule has 1 aromatic heterocycles. The van der Waals surface area contributed by atoms with Gasteiger partial charge in [-0.15, -0.1) is 11.3 Å². The fraction of sp³-hybridized carbons (Fsp3) is 0.444. The monoisotopic (exact) mass is 340 g/mol. The third-order valence-corrected chi connectivity index (χ3v) is 6.18. The predicted molar refractivity (Wildman–Crippen MR) is 70.5 cm³/mol. The maximum Gasteiger partial charge on any atom is 0.251 e. The van der Waals surface area contributed by atoms with Crippen LogP contribution in [0.5, 0.6) is 0 Å². The minimum Gasteiger partial charge on any atom is -0.347 e. The average molecular weight is 341 g/mol. The number of halogens is 1. The van der Waals surface area contributed by atoms with E-state index in [1.807, 2.05) is 0 Å². The molecule has 0 spiro atoms. The van der Waals surface area contributed by atoms with E-state index in [4.69, 9.17) is 0 Å². The van der Waals surface area contributed by atoms with Gasteiger partial charge >= 0.3 is 0 Å². The lowest BCUT2D eigenvalue weighted by atomic mass is 10.3. The van der Waals surface area contributed by atoms with E-state index in [0.717, 1.165) is 11.3 Å². The van der Waals surface area contributed by atoms with Crippen molar-refractivity contribution in [3.63, 3.8) is 0 Å². The Hall–Kier alpha value is -0.440. The summed E-state index contributed by atoms with van der Waals surface area (Å²) in [5.74, 6) is -0.291. The molecule has 1 aromatic rings. The van der Waals surface area contributed by atoms with Crippen molar-refractivity contribution >= 4 is 43.2 Å². The molecule has 8 heteroatoms. The Morgan fingerprint density at radius 3 is 2.53 bits per heavy atom. The lowest BCUT2D eigenvalue weighted by Gasteiger charge is -2.17. The summed E-state index contributed by atoms with van der Waals surface area (Å²) in [4.78, 5) is 12.9. The summed E-state index contributed by atoms with van der Waals surface area (Å²) in [5, 5.41) is 1.66. The van der Waals surface area contributed by atoms with Crippen molar-refractivity contribution in [1.82, 2.24) is 9.62 Å². The Bertz CT molecular complexity index is 510. The van der Waals surface area contributed by atoms with Gasteiger partial charge in [0.2, 0.25) is 5.91 Å². The van der Waals surface area contributed by atoms with Crippen LogP contribution in [0.25, 0.3) is 0 Å². The van der Waals surface area contributed by atoms with E-state index < -0.39 is 16.1 Å². The number of nitrogens with one attached hydrogen (secondary N) is 1. The first-order valence-corrected chi connectivity index (χ1v) is 7.88. The van der Waals surface area contributed by atoms with E-state index in [1.165, 1.54) is 11.8 Å². The number of rotatable bonds is 4. The van der Waals surface area contributed by atoms with Crippen LogP contribution in [0.1, 0.15) is 6.92 Å². The summed E-state index contributed by atoms with van der Waals surface area (Å²) >= 11 is 4.25. The Morgan fingerprint density at radius 2 is 2.12 bits per heavy atom. The number of amides is 1. The topological polar surface area (TPSA) is 66.5 Å². The van der Waals surface area contributed by atoms with Crippen molar-refractivity contribution in [1.29, 1.82) is 0 Å². The Labute approximate surface area is 113 Å². The van der Waals surface area contributed by atoms with E-state index >= 15 is 0 Å². The fourth-order valence-electron chi connectivity index (χ4n) is 1.20. The predicted octanol–water partition coefficient (Wildman–Crippen LogP) is 1.27. The molecule has 0 bridgehead atoms. The van der Waals surface area contributed by atoms with Crippen LogP contribution < -0.4 is 4.72 Å². The van der Waals surface area contributed by atoms with Crippen LogP contribution in [0.3, 0.4) is 0 Å². The van der Waals surface area contributed by atoms with Crippen molar-refractivity contribution in [2.45, 2.75) is 17.2 Å². The molecule has 1 N–H and O–H groups in total. The normalized spacial score (nSPS) is 13.4. The zero-order valence-electron chi connectivity index (χ0n) is 9.60. The zero-order valence-corrected chi connectivity index (χ0v) is 12.8. The van der Waals surface area contributed by atoms with Crippen LogP contribution in [0.2, 0.25) is 0 Å². The molecule has 96 valence electrons. The molecule has 0 saturated carbocycles. The number of sulfonamides is 1. The highest BCUT2D eigenvalue weighted by molar-refractivity contribution is 9.10. The minimum absolute atomic E-state index is 0.177. The molecule has 1 amide bonds. The van der Waals surface area contributed by atoms with E-state index in [1.54, 1.807) is 25.5 Å². The van der Waals surface area contributed by atoms with Gasteiger partial charge in [-0.25, -0.2) is 8.42 Å². The van der Waals surface area contributed by atoms with Gasteiger partial charge in [0.15, 0.2) is 0 Å². The number of carbonyl (C=O) groups excluding carboxylic acids is 1. The standard InChI is InChI=1S/C9H13BrN2O3S2/c1-6(8(13)12(2)3)11-17(14,15)9-7(10)4-5-16-9/h4-6,11H,1-3H3. The average Bonchev–Trinajstić information content (AvgIpc) is 2.63. The zero-order chi connectivity index (χ0) is 13.2. The van der Waals surface area contributed by atoms with Crippen molar-refractivity contribution in [2.75, 3.05) is 14.1 Å². The maximum atomic E-state index is 12.0. The Kier molecular flexibility index (Phi) is 4.70. The lowest BCUT2D eigenvalue weighted by Crippen LogP contribution is -2.44. The fourth-order valence-corrected chi connectivity index (χ4v) is 4.75. The quantitative estimate of drug-likeness (QED) is 0.897. The molecule has 0 radical (unpaired) electrons. The number of hydrogen-bond acceptors (Lipinski definition) is 4. The highest BCUT2D eigenvalue weighted by Gasteiger charge is 2.25. The molecule has 1 heterocycles. The molecular formula is C9H13BrN2O3S2. The Balaban J connectivity index is 2.89. The summed E-state index contributed by atoms with van der Waals surface area (Å²) < 4.78 is 26.9. The third-order valence-electron chi connectivity index (χ3n) is 1.97. The Morgan fingerprint density at radius 1 is 1.53 bits per heavy atom. The van der Waals surface area contributed by atoms with Gasteiger partial charge in [0, 0.05) is 18.6 Å². The molecule has 5 nitrogen and oxygen atoms in total. The molecule has 17 heavy (non-hydrogen) atoms. The minimum atomic E-state index is -3.65. The van der Waals surface area contributed by atoms with Gasteiger partial charge in [-0.05, 0) is 34.3 Å². The first-order chi connectivity index (χ1) is 7.75. The van der Waals surface area contributed by atoms with Crippen LogP contribution in [-0.2, 0) is 14.8 Å². The smallest absolute Gasteiger partial charge is 0.251 e. The van der Waals surface area contributed by atoms with E-state index in [-0.39, 0.29) is 10.1 Å². The summed E-state index contributed by atoms with van der Waals surface area (Å²) in [6.45, 7) is 1.52. The number of nitrogens with zero attached hydrogens (tertiary/aromatic N) is 1. The first kappa shape index (κ1) is 14.6. The molecule has 1 atom stereocenters. The van der Waals surface area contributed by atoms with Crippen molar-refractivity contribution in [3.05, 3.63) is 15.9 Å². The highest BCUT2D eigenvalue weighted by Crippen LogP contribution is 2.27. The maximum absolute atomic E-state index is 12.0. The number of thiophene rings is 1. The summed E-state index contributed by atoms with van der Waals surface area (Å²) in [7, 11) is -0.496. The van der Waals surface area contributed by atoms with Gasteiger partial charge in [0.1, 0.15) is 4.21 Å². The van der Waals surface area contributed by atoms with Gasteiger partial charge in [-0.2, -0.15) is 4.72 Å². The van der Waals surface area contributed by atoms with E-state index in [0.29, 0.717) is 4.47 Å². The van der Waals surface area contributed by atoms with E-state index in [9.17, 15) is 13.2 Å². The molecule has 0 saturated heterocycles. The molecule has 0 aliphatic rings. The molecule has 0 aromatic carbocycles. The highest BCUT2D eigenvalue weighted by atomic mass is 79.9. The van der Waals surface area contributed by atoms with Gasteiger partial charge < -0.3 is 4.90 Å². The second-order valence-electron chi connectivity index (χ2n) is 3.63. The van der Waals surface area contributed by atoms with Gasteiger partial charge in [-0.3, -0.25) is 4.79 Å². The van der Waals surface area contributed by atoms with Gasteiger partial charge in [0.05, 0.1) is 6.04 Å². The molecule has 1 rings (SSSR count). The van der Waals surface area contributed by atoms with Crippen LogP contribution in [0, 0.1) is 0 Å². The van der Waals surface area contributed by atoms with Crippen LogP contribution in [0.15, 0.2) is 20.1 Å². The van der Waals surface area contributed by atoms with Crippen molar-refractivity contribution < 1.29 is 13.2 Å². The summed E-state index contributed by atoms with van der Waals surface area (Å²) in [6.07, 6.45) is 0. The summed E-state index contributed by atoms with van der Waals surface area (Å²) in [6, 6.07) is 0.862. The van der Waals surface area contributed by atoms with Gasteiger partial charge in [-0.1, -0.05) is 0 Å². The first-order valence-electron chi connectivity index (χ1n) is 4.72. The third kappa shape index (κ3) is 3.51. The van der Waals surface area contributed by atoms with Crippen molar-refractivity contribution in [3.8, 4) is 0 Å². The largest absolute Gasteiger partial charge is 0.347 e. The molecule has 0 aliphatic carbocycles. The van der Waals surface area contributed by atoms with Crippen molar-refractivity contribution in [2.24, 2.45) is 0 Å². The second-order valence-corrected chi connectivity index (χ2v) is 7.31. The molecular weight excluding hydrogens is 328 g/mol. The number of likely N-dealkylation sites (N-methyl/N-ethyl adjacent to an activating group) is 1.